The van der Waals surface area contributed by atoms with E-state index in [2.05, 4.69) is 27.8 Å². The molecule has 2 bridgehead atoms. The minimum atomic E-state index is -3.97. The predicted molar refractivity (Wildman–Crippen MR) is 172 cm³/mol. The van der Waals surface area contributed by atoms with E-state index in [1.165, 1.54) is 11.1 Å². The largest absolute Gasteiger partial charge is 0.490 e. The van der Waals surface area contributed by atoms with E-state index in [0.29, 0.717) is 37.2 Å². The molecule has 0 aromatic heterocycles. The zero-order valence-corrected chi connectivity index (χ0v) is 27.1. The highest BCUT2D eigenvalue weighted by molar-refractivity contribution is 7.90. The van der Waals surface area contributed by atoms with Gasteiger partial charge in [-0.1, -0.05) is 29.8 Å². The summed E-state index contributed by atoms with van der Waals surface area (Å²) in [5.74, 6) is 0.537. The summed E-state index contributed by atoms with van der Waals surface area (Å²) >= 11 is 6.41. The minimum Gasteiger partial charge on any atom is -0.490 e. The minimum absolute atomic E-state index is 0.0545. The van der Waals surface area contributed by atoms with Crippen LogP contribution in [0.3, 0.4) is 0 Å². The first kappa shape index (κ1) is 31.4. The van der Waals surface area contributed by atoms with Crippen molar-refractivity contribution in [2.75, 3.05) is 38.3 Å². The Labute approximate surface area is 265 Å². The van der Waals surface area contributed by atoms with Gasteiger partial charge in [-0.15, -0.1) is 0 Å². The van der Waals surface area contributed by atoms with Crippen molar-refractivity contribution in [2.45, 2.75) is 68.6 Å². The molecule has 2 N–H and O–H groups in total. The van der Waals surface area contributed by atoms with Gasteiger partial charge in [-0.3, -0.25) is 4.79 Å². The molecule has 8 nitrogen and oxygen atoms in total. The van der Waals surface area contributed by atoms with Crippen LogP contribution in [0.2, 0.25) is 5.02 Å². The SMILES string of the molecule is CO[C@H]1/C=C/[C@H](CCO)C[C@@H](C)S(=O)(=O)NC(=O)c2ccc3c(c2)N(C[C@@H]2CC[C@H]21)C[C@@]1(CCCc2cc(Cl)ccc21)CO3. The fourth-order valence-corrected chi connectivity index (χ4v) is 9.03. The summed E-state index contributed by atoms with van der Waals surface area (Å²) in [6, 6.07) is 11.4. The van der Waals surface area contributed by atoms with Crippen LogP contribution in [0.15, 0.2) is 48.6 Å². The fourth-order valence-electron chi connectivity index (χ4n) is 7.76. The first-order chi connectivity index (χ1) is 21.1. The number of hydrogen-bond donors (Lipinski definition) is 2. The van der Waals surface area contributed by atoms with E-state index in [1.807, 2.05) is 12.1 Å². The number of allylic oxidation sites excluding steroid dienone is 1. The quantitative estimate of drug-likeness (QED) is 0.440. The number of rotatable bonds is 3. The molecule has 238 valence electrons. The summed E-state index contributed by atoms with van der Waals surface area (Å²) in [7, 11) is -2.24. The van der Waals surface area contributed by atoms with Crippen molar-refractivity contribution < 1.29 is 27.8 Å². The second-order valence-corrected chi connectivity index (χ2v) is 15.7. The molecule has 6 rings (SSSR count). The molecule has 0 unspecified atom stereocenters. The summed E-state index contributed by atoms with van der Waals surface area (Å²) in [6.07, 6.45) is 9.74. The molecule has 0 saturated heterocycles. The molecule has 4 aliphatic rings. The van der Waals surface area contributed by atoms with Gasteiger partial charge < -0.3 is 19.5 Å². The number of aliphatic hydroxyl groups is 1. The average molecular weight is 643 g/mol. The van der Waals surface area contributed by atoms with Crippen molar-refractivity contribution >= 4 is 33.2 Å². The first-order valence-corrected chi connectivity index (χ1v) is 17.7. The monoisotopic (exact) mass is 642 g/mol. The molecule has 2 aromatic rings. The normalized spacial score (nSPS) is 32.3. The van der Waals surface area contributed by atoms with Gasteiger partial charge in [-0.05, 0) is 111 Å². The van der Waals surface area contributed by atoms with Crippen molar-refractivity contribution in [1.82, 2.24) is 4.72 Å². The van der Waals surface area contributed by atoms with E-state index in [4.69, 9.17) is 21.1 Å². The number of aryl methyl sites for hydroxylation is 1. The van der Waals surface area contributed by atoms with Crippen LogP contribution in [-0.4, -0.2) is 64.2 Å². The highest BCUT2D eigenvalue weighted by Crippen LogP contribution is 2.47. The van der Waals surface area contributed by atoms with Gasteiger partial charge in [-0.25, -0.2) is 13.1 Å². The molecule has 0 radical (unpaired) electrons. The summed E-state index contributed by atoms with van der Waals surface area (Å²) < 4.78 is 41.4. The van der Waals surface area contributed by atoms with E-state index >= 15 is 0 Å². The third-order valence-corrected chi connectivity index (χ3v) is 12.4. The highest BCUT2D eigenvalue weighted by Gasteiger charge is 2.44. The van der Waals surface area contributed by atoms with Crippen LogP contribution >= 0.6 is 11.6 Å². The lowest BCUT2D eigenvalue weighted by molar-refractivity contribution is 0.0129. The van der Waals surface area contributed by atoms with Crippen LogP contribution in [0.1, 0.15) is 66.9 Å². The van der Waals surface area contributed by atoms with Crippen LogP contribution in [0.5, 0.6) is 5.75 Å². The van der Waals surface area contributed by atoms with Gasteiger partial charge in [0.05, 0.1) is 23.6 Å². The van der Waals surface area contributed by atoms with Crippen LogP contribution < -0.4 is 14.4 Å². The van der Waals surface area contributed by atoms with E-state index in [1.54, 1.807) is 32.2 Å². The van der Waals surface area contributed by atoms with Gasteiger partial charge in [0.25, 0.3) is 5.91 Å². The van der Waals surface area contributed by atoms with Gasteiger partial charge in [0.2, 0.25) is 10.0 Å². The molecule has 2 aromatic carbocycles. The number of nitrogens with one attached hydrogen (secondary N) is 1. The second-order valence-electron chi connectivity index (χ2n) is 13.2. The Morgan fingerprint density at radius 2 is 2.02 bits per heavy atom. The molecule has 1 fully saturated rings. The van der Waals surface area contributed by atoms with Gasteiger partial charge in [-0.2, -0.15) is 0 Å². The zero-order chi connectivity index (χ0) is 31.1. The fraction of sp³-hybridized carbons (Fsp3) is 0.559. The Hall–Kier alpha value is -2.59. The van der Waals surface area contributed by atoms with Crippen LogP contribution in [0.4, 0.5) is 5.69 Å². The molecule has 10 heteroatoms. The maximum Gasteiger partial charge on any atom is 0.264 e. The molecule has 2 heterocycles. The van der Waals surface area contributed by atoms with E-state index < -0.39 is 21.2 Å². The summed E-state index contributed by atoms with van der Waals surface area (Å²) in [5.41, 5.74) is 3.36. The topological polar surface area (TPSA) is 105 Å². The lowest BCUT2D eigenvalue weighted by Gasteiger charge is -2.46. The number of aliphatic hydroxyl groups excluding tert-OH is 1. The Bertz CT molecular complexity index is 1530. The Balaban J connectivity index is 1.42. The number of fused-ring (bicyclic) bond motifs is 4. The molecular formula is C34H43ClN2O6S. The lowest BCUT2D eigenvalue weighted by atomic mass is 9.68. The maximum absolute atomic E-state index is 13.4. The van der Waals surface area contributed by atoms with Gasteiger partial charge >= 0.3 is 0 Å². The van der Waals surface area contributed by atoms with E-state index in [9.17, 15) is 18.3 Å². The van der Waals surface area contributed by atoms with E-state index in [0.717, 1.165) is 49.4 Å². The number of hydrogen-bond acceptors (Lipinski definition) is 7. The molecule has 2 aliphatic heterocycles. The number of anilines is 1. The Kier molecular flexibility index (Phi) is 9.03. The lowest BCUT2D eigenvalue weighted by Crippen LogP contribution is -2.49. The van der Waals surface area contributed by atoms with Crippen molar-refractivity contribution in [1.29, 1.82) is 0 Å². The Morgan fingerprint density at radius 3 is 2.77 bits per heavy atom. The van der Waals surface area contributed by atoms with E-state index in [-0.39, 0.29) is 36.0 Å². The number of methoxy groups -OCH3 is 1. The third kappa shape index (κ3) is 6.13. The number of sulfonamides is 1. The molecule has 6 atom stereocenters. The number of benzene rings is 2. The van der Waals surface area contributed by atoms with Gasteiger partial charge in [0.15, 0.2) is 0 Å². The number of carbonyl (C=O) groups excluding carboxylic acids is 1. The van der Waals surface area contributed by atoms with Crippen molar-refractivity contribution in [2.24, 2.45) is 17.8 Å². The number of ether oxygens (including phenoxy) is 2. The molecule has 1 spiro atoms. The molecule has 44 heavy (non-hydrogen) atoms. The second kappa shape index (κ2) is 12.7. The van der Waals surface area contributed by atoms with Crippen molar-refractivity contribution in [3.8, 4) is 5.75 Å². The molecule has 1 amide bonds. The molecule has 2 aliphatic carbocycles. The smallest absolute Gasteiger partial charge is 0.264 e. The third-order valence-electron chi connectivity index (χ3n) is 10.4. The van der Waals surface area contributed by atoms with Crippen molar-refractivity contribution in [3.63, 3.8) is 0 Å². The maximum atomic E-state index is 13.4. The van der Waals surface area contributed by atoms with Crippen LogP contribution in [0.25, 0.3) is 0 Å². The summed E-state index contributed by atoms with van der Waals surface area (Å²) in [4.78, 5) is 15.8. The number of halogens is 1. The van der Waals surface area contributed by atoms with Crippen LogP contribution in [-0.2, 0) is 26.6 Å². The first-order valence-electron chi connectivity index (χ1n) is 15.8. The number of amides is 1. The predicted octanol–water partition coefficient (Wildman–Crippen LogP) is 5.26. The number of nitrogens with zero attached hydrogens (tertiary/aromatic N) is 1. The average Bonchev–Trinajstić information content (AvgIpc) is 3.13. The standard InChI is InChI=1S/C34H43ClN2O6S/c1-22-16-23(13-15-38)5-11-31(42-2)28-9-6-26(28)19-37-20-34(14-3-4-24-17-27(35)8-10-29(24)34)21-43-32-12-7-25(18-30(32)37)33(39)36-44(22,40)41/h5,7-8,10-12,17-18,22-23,26,28,31,38H,3-4,6,9,13-16,19-21H2,1-2H3,(H,36,39)/b11-5+/t22-,23-,26+,28-,31+,34+/m1/s1. The molecule has 1 saturated carbocycles. The molecular weight excluding hydrogens is 600 g/mol. The van der Waals surface area contributed by atoms with Gasteiger partial charge in [0, 0.05) is 42.8 Å². The summed E-state index contributed by atoms with van der Waals surface area (Å²) in [6.45, 7) is 3.53. The Morgan fingerprint density at radius 1 is 1.18 bits per heavy atom. The zero-order valence-electron chi connectivity index (χ0n) is 25.5. The van der Waals surface area contributed by atoms with Gasteiger partial charge in [0.1, 0.15) is 5.75 Å². The number of carbonyl (C=O) groups is 1. The highest BCUT2D eigenvalue weighted by atomic mass is 35.5. The van der Waals surface area contributed by atoms with Crippen LogP contribution in [0, 0.1) is 17.8 Å². The summed E-state index contributed by atoms with van der Waals surface area (Å²) in [5, 5.41) is 9.60. The van der Waals surface area contributed by atoms with Crippen molar-refractivity contribution in [3.05, 3.63) is 70.3 Å².